The van der Waals surface area contributed by atoms with Crippen molar-refractivity contribution < 1.29 is 4.79 Å². The van der Waals surface area contributed by atoms with Crippen LogP contribution in [0.4, 0.5) is 0 Å². The number of hydrogen-bond acceptors (Lipinski definition) is 5. The third kappa shape index (κ3) is 6.95. The van der Waals surface area contributed by atoms with E-state index in [2.05, 4.69) is 25.6 Å². The summed E-state index contributed by atoms with van der Waals surface area (Å²) in [6.45, 7) is 3.86. The van der Waals surface area contributed by atoms with E-state index in [0.29, 0.717) is 13.0 Å². The van der Waals surface area contributed by atoms with Crippen LogP contribution in [0.3, 0.4) is 0 Å². The van der Waals surface area contributed by atoms with Crippen LogP contribution in [0.1, 0.15) is 38.5 Å². The van der Waals surface area contributed by atoms with Gasteiger partial charge in [-0.25, -0.2) is 0 Å². The molecule has 1 aromatic heterocycles. The van der Waals surface area contributed by atoms with E-state index >= 15 is 0 Å². The van der Waals surface area contributed by atoms with Crippen molar-refractivity contribution in [3.63, 3.8) is 0 Å². The number of amides is 1. The van der Waals surface area contributed by atoms with Crippen molar-refractivity contribution in [3.8, 4) is 0 Å². The van der Waals surface area contributed by atoms with Gasteiger partial charge in [0.05, 0.1) is 6.20 Å². The summed E-state index contributed by atoms with van der Waals surface area (Å²) in [4.78, 5) is 14.3. The molecule has 6 nitrogen and oxygen atoms in total. The van der Waals surface area contributed by atoms with Gasteiger partial charge in [0.25, 0.3) is 0 Å². The fraction of sp³-hybridized carbons (Fsp3) is 0.786. The van der Waals surface area contributed by atoms with Crippen molar-refractivity contribution in [3.05, 3.63) is 6.20 Å². The molecular weight excluding hydrogens is 286 g/mol. The minimum Gasteiger partial charge on any atom is -0.355 e. The number of thioether (sulfide) groups is 1. The molecule has 0 radical (unpaired) electrons. The first-order chi connectivity index (χ1) is 10.3. The lowest BCUT2D eigenvalue weighted by atomic mass is 10.1. The number of likely N-dealkylation sites (tertiary alicyclic amines) is 1. The molecule has 1 saturated heterocycles. The third-order valence-corrected chi connectivity index (χ3v) is 4.57. The molecule has 0 saturated carbocycles. The van der Waals surface area contributed by atoms with Gasteiger partial charge in [0.15, 0.2) is 0 Å². The van der Waals surface area contributed by atoms with Gasteiger partial charge in [-0.2, -0.15) is 10.3 Å². The Labute approximate surface area is 130 Å². The van der Waals surface area contributed by atoms with E-state index in [9.17, 15) is 4.79 Å². The van der Waals surface area contributed by atoms with E-state index < -0.39 is 0 Å². The van der Waals surface area contributed by atoms with Crippen LogP contribution >= 0.6 is 11.8 Å². The van der Waals surface area contributed by atoms with Gasteiger partial charge in [-0.3, -0.25) is 4.79 Å². The van der Waals surface area contributed by atoms with Crippen molar-refractivity contribution in [2.75, 3.05) is 31.9 Å². The quantitative estimate of drug-likeness (QED) is 0.592. The number of aromatic amines is 1. The van der Waals surface area contributed by atoms with Gasteiger partial charge in [-0.15, -0.1) is 16.9 Å². The zero-order valence-corrected chi connectivity index (χ0v) is 13.3. The Balaban J connectivity index is 1.52. The minimum absolute atomic E-state index is 0.151. The highest BCUT2D eigenvalue weighted by molar-refractivity contribution is 7.99. The van der Waals surface area contributed by atoms with E-state index in [4.69, 9.17) is 0 Å². The van der Waals surface area contributed by atoms with Crippen molar-refractivity contribution in [1.82, 2.24) is 25.6 Å². The van der Waals surface area contributed by atoms with E-state index in [-0.39, 0.29) is 5.91 Å². The first kappa shape index (κ1) is 16.3. The van der Waals surface area contributed by atoms with Crippen LogP contribution < -0.4 is 5.32 Å². The predicted octanol–water partition coefficient (Wildman–Crippen LogP) is 1.67. The summed E-state index contributed by atoms with van der Waals surface area (Å²) in [7, 11) is 0. The Morgan fingerprint density at radius 2 is 2.05 bits per heavy atom. The lowest BCUT2D eigenvalue weighted by Crippen LogP contribution is -2.33. The molecule has 0 spiro atoms. The monoisotopic (exact) mass is 311 g/mol. The summed E-state index contributed by atoms with van der Waals surface area (Å²) in [5.41, 5.74) is 0. The number of aromatic nitrogens is 3. The van der Waals surface area contributed by atoms with E-state index in [0.717, 1.165) is 30.4 Å². The maximum Gasteiger partial charge on any atom is 0.221 e. The largest absolute Gasteiger partial charge is 0.355 e. The Morgan fingerprint density at radius 1 is 1.29 bits per heavy atom. The van der Waals surface area contributed by atoms with Crippen LogP contribution in [0.15, 0.2) is 11.2 Å². The van der Waals surface area contributed by atoms with Crippen LogP contribution in [0.5, 0.6) is 0 Å². The molecule has 0 aliphatic carbocycles. The Morgan fingerprint density at radius 3 is 2.76 bits per heavy atom. The van der Waals surface area contributed by atoms with Crippen LogP contribution in [0, 0.1) is 0 Å². The fourth-order valence-electron chi connectivity index (χ4n) is 2.49. The van der Waals surface area contributed by atoms with Gasteiger partial charge >= 0.3 is 0 Å². The summed E-state index contributed by atoms with van der Waals surface area (Å²) >= 11 is 1.59. The molecule has 7 heteroatoms. The number of carbonyl (C=O) groups excluding carboxylic acids is 1. The minimum atomic E-state index is 0.151. The first-order valence-electron chi connectivity index (χ1n) is 7.82. The van der Waals surface area contributed by atoms with E-state index in [1.165, 1.54) is 32.1 Å². The van der Waals surface area contributed by atoms with E-state index in [1.807, 2.05) is 0 Å². The summed E-state index contributed by atoms with van der Waals surface area (Å²) in [6, 6.07) is 0. The highest BCUT2D eigenvalue weighted by Crippen LogP contribution is 2.11. The second-order valence-corrected chi connectivity index (χ2v) is 6.48. The smallest absolute Gasteiger partial charge is 0.221 e. The van der Waals surface area contributed by atoms with Crippen molar-refractivity contribution in [2.24, 2.45) is 0 Å². The lowest BCUT2D eigenvalue weighted by molar-refractivity contribution is -0.121. The molecule has 1 aliphatic rings. The molecular formula is C14H25N5OS. The average molecular weight is 311 g/mol. The van der Waals surface area contributed by atoms with Gasteiger partial charge in [0, 0.05) is 25.3 Å². The van der Waals surface area contributed by atoms with Crippen LogP contribution in [0.2, 0.25) is 0 Å². The molecule has 21 heavy (non-hydrogen) atoms. The van der Waals surface area contributed by atoms with Gasteiger partial charge in [-0.1, -0.05) is 19.3 Å². The molecule has 2 heterocycles. The molecule has 0 aromatic carbocycles. The molecule has 2 N–H and O–H groups in total. The number of nitrogens with zero attached hydrogens (tertiary/aromatic N) is 3. The zero-order chi connectivity index (χ0) is 14.8. The standard InChI is InChI=1S/C14H25N5OS/c20-13(15-7-11-21-14-12-16-18-17-14)6-10-19-8-4-2-1-3-5-9-19/h12H,1-11H2,(H,15,20)(H,16,17,18). The highest BCUT2D eigenvalue weighted by atomic mass is 32.2. The maximum absolute atomic E-state index is 11.8. The Bertz CT molecular complexity index is 390. The SMILES string of the molecule is O=C(CCN1CCCCCCC1)NCCSc1cn[nH]n1. The molecule has 0 unspecified atom stereocenters. The summed E-state index contributed by atoms with van der Waals surface area (Å²) in [5.74, 6) is 0.972. The molecule has 1 aromatic rings. The fourth-order valence-corrected chi connectivity index (χ4v) is 3.14. The Kier molecular flexibility index (Phi) is 7.59. The molecule has 118 valence electrons. The van der Waals surface area contributed by atoms with E-state index in [1.54, 1.807) is 18.0 Å². The Hall–Kier alpha value is -1.08. The van der Waals surface area contributed by atoms with Gasteiger partial charge < -0.3 is 10.2 Å². The molecule has 0 atom stereocenters. The second kappa shape index (κ2) is 9.78. The lowest BCUT2D eigenvalue weighted by Gasteiger charge is -2.24. The van der Waals surface area contributed by atoms with Crippen LogP contribution in [0.25, 0.3) is 0 Å². The normalized spacial score (nSPS) is 17.1. The first-order valence-corrected chi connectivity index (χ1v) is 8.81. The average Bonchev–Trinajstić information content (AvgIpc) is 2.95. The summed E-state index contributed by atoms with van der Waals surface area (Å²) in [5, 5.41) is 14.1. The number of hydrogen-bond donors (Lipinski definition) is 2. The molecule has 1 amide bonds. The second-order valence-electron chi connectivity index (χ2n) is 5.37. The number of carbonyl (C=O) groups is 1. The van der Waals surface area contributed by atoms with Gasteiger partial charge in [0.2, 0.25) is 5.91 Å². The molecule has 2 rings (SSSR count). The maximum atomic E-state index is 11.8. The third-order valence-electron chi connectivity index (χ3n) is 3.67. The number of rotatable bonds is 7. The number of nitrogens with one attached hydrogen (secondary N) is 2. The van der Waals surface area contributed by atoms with Crippen molar-refractivity contribution in [1.29, 1.82) is 0 Å². The molecule has 0 bridgehead atoms. The molecule has 1 aliphatic heterocycles. The molecule has 1 fully saturated rings. The van der Waals surface area contributed by atoms with Gasteiger partial charge in [-0.05, 0) is 25.9 Å². The van der Waals surface area contributed by atoms with Crippen LogP contribution in [-0.2, 0) is 4.79 Å². The van der Waals surface area contributed by atoms with Crippen LogP contribution in [-0.4, -0.2) is 58.1 Å². The summed E-state index contributed by atoms with van der Waals surface area (Å²) in [6.07, 6.45) is 8.89. The predicted molar refractivity (Wildman–Crippen MR) is 84.3 cm³/mol. The number of H-pyrrole nitrogens is 1. The van der Waals surface area contributed by atoms with Gasteiger partial charge in [0.1, 0.15) is 5.03 Å². The van der Waals surface area contributed by atoms with Crippen molar-refractivity contribution in [2.45, 2.75) is 43.6 Å². The highest BCUT2D eigenvalue weighted by Gasteiger charge is 2.10. The van der Waals surface area contributed by atoms with Crippen molar-refractivity contribution >= 4 is 17.7 Å². The topological polar surface area (TPSA) is 73.9 Å². The zero-order valence-electron chi connectivity index (χ0n) is 12.5. The summed E-state index contributed by atoms with van der Waals surface area (Å²) < 4.78 is 0.